The van der Waals surface area contributed by atoms with Crippen molar-refractivity contribution in [2.45, 2.75) is 31.1 Å². The molecule has 6 rings (SSSR count). The molecule has 224 valence electrons. The number of aromatic amines is 1. The van der Waals surface area contributed by atoms with Crippen molar-refractivity contribution in [1.82, 2.24) is 20.3 Å². The Morgan fingerprint density at radius 2 is 2.02 bits per heavy atom. The van der Waals surface area contributed by atoms with Crippen molar-refractivity contribution in [3.63, 3.8) is 0 Å². The molecule has 1 amide bonds. The van der Waals surface area contributed by atoms with E-state index in [2.05, 4.69) is 72.6 Å². The largest absolute Gasteiger partial charge is 0.378 e. The van der Waals surface area contributed by atoms with Crippen molar-refractivity contribution in [2.24, 2.45) is 0 Å². The molecule has 0 bridgehead atoms. The van der Waals surface area contributed by atoms with Crippen LogP contribution in [0.1, 0.15) is 30.6 Å². The van der Waals surface area contributed by atoms with Crippen LogP contribution in [0, 0.1) is 5.82 Å². The van der Waals surface area contributed by atoms with Crippen LogP contribution in [0.25, 0.3) is 22.3 Å². The van der Waals surface area contributed by atoms with Crippen molar-refractivity contribution < 1.29 is 13.9 Å². The van der Waals surface area contributed by atoms with Crippen LogP contribution >= 0.6 is 11.9 Å². The molecule has 2 aromatic carbocycles. The number of piperidine rings is 1. The maximum absolute atomic E-state index is 15.3. The van der Waals surface area contributed by atoms with Gasteiger partial charge in [-0.25, -0.2) is 14.4 Å². The zero-order valence-corrected chi connectivity index (χ0v) is 25.0. The summed E-state index contributed by atoms with van der Waals surface area (Å²) >= 11 is 1.47. The molecule has 2 aliphatic heterocycles. The van der Waals surface area contributed by atoms with Crippen molar-refractivity contribution in [2.75, 3.05) is 53.9 Å². The van der Waals surface area contributed by atoms with Gasteiger partial charge in [-0.15, -0.1) is 0 Å². The van der Waals surface area contributed by atoms with Gasteiger partial charge in [0.2, 0.25) is 5.91 Å². The van der Waals surface area contributed by atoms with Crippen LogP contribution in [0.2, 0.25) is 0 Å². The molecule has 2 fully saturated rings. The van der Waals surface area contributed by atoms with E-state index in [0.717, 1.165) is 78.4 Å². The van der Waals surface area contributed by atoms with Gasteiger partial charge in [0.15, 0.2) is 0 Å². The second-order valence-corrected chi connectivity index (χ2v) is 12.0. The van der Waals surface area contributed by atoms with E-state index < -0.39 is 0 Å². The number of nitrogens with zero attached hydrogens (tertiary/aromatic N) is 4. The molecule has 11 heteroatoms. The number of amides is 1. The third-order valence-electron chi connectivity index (χ3n) is 8.00. The second-order valence-electron chi connectivity index (χ2n) is 10.9. The fourth-order valence-electron chi connectivity index (χ4n) is 5.66. The molecule has 43 heavy (non-hydrogen) atoms. The minimum atomic E-state index is -0.329. The Morgan fingerprint density at radius 1 is 1.16 bits per heavy atom. The van der Waals surface area contributed by atoms with Crippen molar-refractivity contribution >= 4 is 46.1 Å². The number of benzene rings is 2. The van der Waals surface area contributed by atoms with Gasteiger partial charge < -0.3 is 29.6 Å². The van der Waals surface area contributed by atoms with Crippen LogP contribution in [0.5, 0.6) is 0 Å². The molecule has 0 saturated carbocycles. The molecule has 0 spiro atoms. The highest BCUT2D eigenvalue weighted by Crippen LogP contribution is 2.35. The van der Waals surface area contributed by atoms with Gasteiger partial charge in [-0.05, 0) is 73.7 Å². The number of rotatable bonds is 9. The first-order chi connectivity index (χ1) is 21.0. The molecule has 0 aliphatic carbocycles. The van der Waals surface area contributed by atoms with E-state index in [1.54, 1.807) is 18.5 Å². The third-order valence-corrected chi connectivity index (χ3v) is 8.96. The molecule has 2 atom stereocenters. The lowest BCUT2D eigenvalue weighted by atomic mass is 10.0. The van der Waals surface area contributed by atoms with E-state index in [9.17, 15) is 4.79 Å². The molecule has 4 heterocycles. The highest BCUT2D eigenvalue weighted by atomic mass is 32.2. The second kappa shape index (κ2) is 13.0. The first-order valence-electron chi connectivity index (χ1n) is 14.6. The van der Waals surface area contributed by atoms with Gasteiger partial charge in [0.25, 0.3) is 0 Å². The lowest BCUT2D eigenvalue weighted by molar-refractivity contribution is -0.117. The summed E-state index contributed by atoms with van der Waals surface area (Å²) in [6.45, 7) is 10.2. The number of anilines is 3. The van der Waals surface area contributed by atoms with Gasteiger partial charge in [-0.3, -0.25) is 4.79 Å². The number of ether oxygens (including phenoxy) is 1. The minimum Gasteiger partial charge on any atom is -0.378 e. The topological polar surface area (TPSA) is 98.4 Å². The summed E-state index contributed by atoms with van der Waals surface area (Å²) in [4.78, 5) is 28.5. The molecule has 0 radical (unpaired) electrons. The smallest absolute Gasteiger partial charge is 0.243 e. The minimum absolute atomic E-state index is 0.0750. The fourth-order valence-corrected chi connectivity index (χ4v) is 6.41. The zero-order chi connectivity index (χ0) is 29.8. The monoisotopic (exact) mass is 601 g/mol. The Morgan fingerprint density at radius 3 is 2.84 bits per heavy atom. The summed E-state index contributed by atoms with van der Waals surface area (Å²) in [5, 5.41) is 4.01. The molecule has 2 aromatic heterocycles. The number of morpholine rings is 1. The van der Waals surface area contributed by atoms with Crippen LogP contribution in [0.4, 0.5) is 21.6 Å². The van der Waals surface area contributed by atoms with Crippen molar-refractivity contribution in [3.05, 3.63) is 78.9 Å². The number of fused-ring (bicyclic) bond motifs is 1. The number of hydrogen-bond acceptors (Lipinski definition) is 8. The number of aromatic nitrogens is 3. The normalized spacial score (nSPS) is 18.0. The molecule has 3 N–H and O–H groups in total. The lowest BCUT2D eigenvalue weighted by Gasteiger charge is -2.35. The summed E-state index contributed by atoms with van der Waals surface area (Å²) in [6.07, 6.45) is 4.85. The van der Waals surface area contributed by atoms with Crippen molar-refractivity contribution in [1.29, 1.82) is 0 Å². The molecule has 2 aliphatic rings. The third kappa shape index (κ3) is 6.62. The van der Waals surface area contributed by atoms with Gasteiger partial charge in [0, 0.05) is 54.4 Å². The van der Waals surface area contributed by atoms with E-state index >= 15 is 4.39 Å². The number of carbonyl (C=O) groups is 1. The predicted octanol–water partition coefficient (Wildman–Crippen LogP) is 5.69. The van der Waals surface area contributed by atoms with Gasteiger partial charge in [-0.2, -0.15) is 0 Å². The summed E-state index contributed by atoms with van der Waals surface area (Å²) in [5.74, 6) is 0.402. The average molecular weight is 602 g/mol. The molecule has 4 aromatic rings. The van der Waals surface area contributed by atoms with E-state index in [0.29, 0.717) is 18.9 Å². The lowest BCUT2D eigenvalue weighted by Crippen LogP contribution is -2.47. The van der Waals surface area contributed by atoms with Crippen LogP contribution < -0.4 is 19.8 Å². The maximum atomic E-state index is 15.3. The Bertz CT molecular complexity index is 1610. The summed E-state index contributed by atoms with van der Waals surface area (Å²) < 4.78 is 24.0. The standard InChI is InChI=1S/C32H36FN7O2S/c1-3-30(41)36-24-7-5-11-40(19-24)25-8-4-6-22(16-25)21(2)43-38-28-10-9-23(17-27(28)33)29-18-26-31(37-29)34-20-35-32(26)39-12-14-42-15-13-39/h3-4,6,8-10,16-18,20-21,24,38H,1,5,7,11-15,19H2,2H3,(H,36,41)(H,34,35,37)/t21?,24-/m1/s1. The quantitative estimate of drug-likeness (QED) is 0.166. The molecular formula is C32H36FN7O2S. The highest BCUT2D eigenvalue weighted by Gasteiger charge is 2.22. The Balaban J connectivity index is 1.11. The SMILES string of the molecule is C=CC(=O)N[C@@H]1CCCN(c2cccc(C(C)SNc3ccc(-c4cc5c(N6CCOCC6)ncnc5[nH]4)cc3F)c2)C1. The predicted molar refractivity (Wildman–Crippen MR) is 172 cm³/mol. The molecule has 1 unspecified atom stereocenters. The number of hydrogen-bond donors (Lipinski definition) is 3. The van der Waals surface area contributed by atoms with Gasteiger partial charge in [0.05, 0.1) is 24.3 Å². The van der Waals surface area contributed by atoms with Crippen molar-refractivity contribution in [3.8, 4) is 11.3 Å². The Kier molecular flexibility index (Phi) is 8.80. The van der Waals surface area contributed by atoms with Gasteiger partial charge >= 0.3 is 0 Å². The average Bonchev–Trinajstić information content (AvgIpc) is 3.49. The summed E-state index contributed by atoms with van der Waals surface area (Å²) in [7, 11) is 0. The summed E-state index contributed by atoms with van der Waals surface area (Å²) in [6, 6.07) is 15.7. The Labute approximate surface area is 255 Å². The van der Waals surface area contributed by atoms with Crippen LogP contribution in [-0.4, -0.2) is 66.3 Å². The van der Waals surface area contributed by atoms with E-state index in [1.165, 1.54) is 18.0 Å². The number of carbonyl (C=O) groups excluding carboxylic acids is 1. The first kappa shape index (κ1) is 29.0. The zero-order valence-electron chi connectivity index (χ0n) is 24.2. The molecular weight excluding hydrogens is 565 g/mol. The summed E-state index contributed by atoms with van der Waals surface area (Å²) in [5.41, 5.74) is 4.94. The number of halogens is 1. The van der Waals surface area contributed by atoms with Gasteiger partial charge in [0.1, 0.15) is 23.6 Å². The molecule has 2 saturated heterocycles. The van der Waals surface area contributed by atoms with Crippen LogP contribution in [0.3, 0.4) is 0 Å². The fraction of sp³-hybridized carbons (Fsp3) is 0.344. The molecule has 9 nitrogen and oxygen atoms in total. The van der Waals surface area contributed by atoms with Crippen LogP contribution in [-0.2, 0) is 9.53 Å². The first-order valence-corrected chi connectivity index (χ1v) is 15.5. The van der Waals surface area contributed by atoms with E-state index in [4.69, 9.17) is 4.74 Å². The maximum Gasteiger partial charge on any atom is 0.243 e. The number of H-pyrrole nitrogens is 1. The number of nitrogens with one attached hydrogen (secondary N) is 3. The van der Waals surface area contributed by atoms with E-state index in [-0.39, 0.29) is 23.0 Å². The van der Waals surface area contributed by atoms with Crippen LogP contribution in [0.15, 0.2) is 67.5 Å². The highest BCUT2D eigenvalue weighted by molar-refractivity contribution is 8.00. The van der Waals surface area contributed by atoms with E-state index in [1.807, 2.05) is 12.1 Å². The Hall–Kier alpha value is -4.09. The van der Waals surface area contributed by atoms with Gasteiger partial charge in [-0.1, -0.05) is 24.8 Å².